The molecule has 36 heavy (non-hydrogen) atoms. The molecule has 182 valence electrons. The number of carbonyl (C=O) groups excluding carboxylic acids is 1. The van der Waals surface area contributed by atoms with Gasteiger partial charge in [0.25, 0.3) is 0 Å². The quantitative estimate of drug-likeness (QED) is 0.342. The Hall–Kier alpha value is -4.04. The van der Waals surface area contributed by atoms with Crippen molar-refractivity contribution in [3.05, 3.63) is 107 Å². The highest BCUT2D eigenvalue weighted by Crippen LogP contribution is 2.44. The summed E-state index contributed by atoms with van der Waals surface area (Å²) in [6.07, 6.45) is 1.77. The van der Waals surface area contributed by atoms with Gasteiger partial charge in [0.15, 0.2) is 5.11 Å². The number of amides is 1. The third-order valence-electron chi connectivity index (χ3n) is 6.45. The highest BCUT2D eigenvalue weighted by Gasteiger charge is 2.42. The van der Waals surface area contributed by atoms with Crippen molar-refractivity contribution in [3.8, 4) is 5.69 Å². The van der Waals surface area contributed by atoms with Gasteiger partial charge < -0.3 is 20.1 Å². The summed E-state index contributed by atoms with van der Waals surface area (Å²) in [6.45, 7) is 5.46. The van der Waals surface area contributed by atoms with E-state index in [0.29, 0.717) is 16.5 Å². The summed E-state index contributed by atoms with van der Waals surface area (Å²) < 4.78 is 16.7. The predicted molar refractivity (Wildman–Crippen MR) is 144 cm³/mol. The number of hydrogen-bond donors (Lipinski definition) is 2. The largest absolute Gasteiger partial charge is 0.351 e. The van der Waals surface area contributed by atoms with E-state index in [-0.39, 0.29) is 23.8 Å². The van der Waals surface area contributed by atoms with E-state index in [1.807, 2.05) is 66.9 Å². The van der Waals surface area contributed by atoms with Gasteiger partial charge in [-0.15, -0.1) is 0 Å². The molecule has 3 heterocycles. The van der Waals surface area contributed by atoms with Crippen molar-refractivity contribution in [2.75, 3.05) is 10.2 Å². The molecule has 1 aliphatic heterocycles. The number of aromatic nitrogens is 2. The highest BCUT2D eigenvalue weighted by atomic mass is 32.1. The Morgan fingerprint density at radius 1 is 1.06 bits per heavy atom. The number of rotatable bonds is 5. The Morgan fingerprint density at radius 3 is 2.44 bits per heavy atom. The first-order valence-corrected chi connectivity index (χ1v) is 12.1. The number of aryl methyl sites for hydroxylation is 1. The van der Waals surface area contributed by atoms with Crippen LogP contribution in [0, 0.1) is 19.7 Å². The number of thiocarbonyl (C=S) groups is 1. The van der Waals surface area contributed by atoms with Crippen LogP contribution in [0.2, 0.25) is 0 Å². The van der Waals surface area contributed by atoms with Crippen LogP contribution in [0.25, 0.3) is 5.69 Å². The molecule has 0 spiro atoms. The topological polar surface area (TPSA) is 62.2 Å². The Morgan fingerprint density at radius 2 is 1.78 bits per heavy atom. The molecule has 2 aromatic heterocycles. The van der Waals surface area contributed by atoms with Gasteiger partial charge in [-0.25, -0.2) is 4.39 Å². The van der Waals surface area contributed by atoms with E-state index < -0.39 is 0 Å². The number of nitrogens with one attached hydrogen (secondary N) is 2. The Balaban J connectivity index is 1.64. The third-order valence-corrected chi connectivity index (χ3v) is 6.76. The Bertz CT molecular complexity index is 1430. The standard InChI is InChI=1S/C28H26FN5OS/c1-17-16-22(18(2)33(17)25-10-5-4-8-23(25)29)27-26(24-9-6-7-15-30-24)32-28(36)34(27)21-13-11-20(12-14-21)31-19(3)35/h4-16,26-27H,1-3H3,(H,31,35)(H,32,36)/t26-,27+/m1/s1. The third kappa shape index (κ3) is 4.24. The SMILES string of the molecule is CC(=O)Nc1ccc(N2C(=S)N[C@H](c3ccccn3)[C@@H]2c2cc(C)n(-c3ccccc3F)c2C)cc1. The van der Waals surface area contributed by atoms with Gasteiger partial charge in [0.2, 0.25) is 5.91 Å². The van der Waals surface area contributed by atoms with Crippen LogP contribution in [0.3, 0.4) is 0 Å². The van der Waals surface area contributed by atoms with Crippen molar-refractivity contribution in [2.24, 2.45) is 0 Å². The fraction of sp³-hybridized carbons (Fsp3) is 0.179. The molecular formula is C28H26FN5OS. The van der Waals surface area contributed by atoms with Crippen molar-refractivity contribution in [1.82, 2.24) is 14.9 Å². The second-order valence-electron chi connectivity index (χ2n) is 8.84. The maximum absolute atomic E-state index is 14.8. The van der Waals surface area contributed by atoms with Crippen molar-refractivity contribution in [1.29, 1.82) is 0 Å². The van der Waals surface area contributed by atoms with Gasteiger partial charge in [-0.05, 0) is 86.2 Å². The van der Waals surface area contributed by atoms with Crippen LogP contribution >= 0.6 is 12.2 Å². The Kier molecular flexibility index (Phi) is 6.28. The molecule has 1 amide bonds. The van der Waals surface area contributed by atoms with Crippen LogP contribution in [0.15, 0.2) is 79.0 Å². The minimum absolute atomic E-state index is 0.130. The molecule has 0 unspecified atom stereocenters. The molecule has 0 aliphatic carbocycles. The van der Waals surface area contributed by atoms with Crippen LogP contribution in [-0.4, -0.2) is 20.6 Å². The van der Waals surface area contributed by atoms with Crippen molar-refractivity contribution in [2.45, 2.75) is 32.9 Å². The number of nitrogens with zero attached hydrogens (tertiary/aromatic N) is 3. The summed E-state index contributed by atoms with van der Waals surface area (Å²) in [6, 6.07) is 21.8. The lowest BCUT2D eigenvalue weighted by molar-refractivity contribution is -0.114. The molecule has 2 N–H and O–H groups in total. The maximum atomic E-state index is 14.8. The van der Waals surface area contributed by atoms with Gasteiger partial charge in [0.05, 0.1) is 23.5 Å². The molecule has 2 aromatic carbocycles. The summed E-state index contributed by atoms with van der Waals surface area (Å²) in [5.41, 5.74) is 5.82. The highest BCUT2D eigenvalue weighted by molar-refractivity contribution is 7.80. The zero-order valence-electron chi connectivity index (χ0n) is 20.2. The van der Waals surface area contributed by atoms with E-state index in [1.54, 1.807) is 18.3 Å². The summed E-state index contributed by atoms with van der Waals surface area (Å²) in [5, 5.41) is 6.83. The average molecular weight is 500 g/mol. The Labute approximate surface area is 214 Å². The van der Waals surface area contributed by atoms with Gasteiger partial charge in [0.1, 0.15) is 5.82 Å². The van der Waals surface area contributed by atoms with E-state index in [2.05, 4.69) is 26.6 Å². The number of halogens is 1. The summed E-state index contributed by atoms with van der Waals surface area (Å²) in [5.74, 6) is -0.410. The van der Waals surface area contributed by atoms with Crippen LogP contribution in [0.4, 0.5) is 15.8 Å². The fourth-order valence-corrected chi connectivity index (χ4v) is 5.29. The molecule has 0 bridgehead atoms. The van der Waals surface area contributed by atoms with Crippen molar-refractivity contribution < 1.29 is 9.18 Å². The molecule has 4 aromatic rings. The van der Waals surface area contributed by atoms with Crippen LogP contribution in [0.5, 0.6) is 0 Å². The van der Waals surface area contributed by atoms with Crippen molar-refractivity contribution in [3.63, 3.8) is 0 Å². The molecule has 1 saturated heterocycles. The minimum atomic E-state index is -0.280. The number of anilines is 2. The first-order chi connectivity index (χ1) is 17.3. The molecule has 1 fully saturated rings. The van der Waals surface area contributed by atoms with Crippen LogP contribution in [-0.2, 0) is 4.79 Å². The van der Waals surface area contributed by atoms with Gasteiger partial charge in [-0.1, -0.05) is 18.2 Å². The molecule has 8 heteroatoms. The van der Waals surface area contributed by atoms with E-state index in [0.717, 1.165) is 28.3 Å². The first kappa shape index (κ1) is 23.7. The number of pyridine rings is 1. The lowest BCUT2D eigenvalue weighted by Crippen LogP contribution is -2.29. The minimum Gasteiger partial charge on any atom is -0.351 e. The smallest absolute Gasteiger partial charge is 0.221 e. The number of para-hydroxylation sites is 1. The molecule has 1 aliphatic rings. The van der Waals surface area contributed by atoms with E-state index in [4.69, 9.17) is 12.2 Å². The molecule has 5 rings (SSSR count). The number of hydrogen-bond acceptors (Lipinski definition) is 3. The second-order valence-corrected chi connectivity index (χ2v) is 9.22. The van der Waals surface area contributed by atoms with Crippen molar-refractivity contribution >= 4 is 34.6 Å². The summed E-state index contributed by atoms with van der Waals surface area (Å²) in [4.78, 5) is 18.2. The maximum Gasteiger partial charge on any atom is 0.221 e. The summed E-state index contributed by atoms with van der Waals surface area (Å²) in [7, 11) is 0. The molecule has 0 saturated carbocycles. The molecule has 6 nitrogen and oxygen atoms in total. The van der Waals surface area contributed by atoms with E-state index in [9.17, 15) is 9.18 Å². The van der Waals surface area contributed by atoms with Gasteiger partial charge >= 0.3 is 0 Å². The number of benzene rings is 2. The number of carbonyl (C=O) groups is 1. The van der Waals surface area contributed by atoms with Gasteiger partial charge in [-0.2, -0.15) is 0 Å². The molecule has 0 radical (unpaired) electrons. The van der Waals surface area contributed by atoms with E-state index >= 15 is 0 Å². The molecular weight excluding hydrogens is 473 g/mol. The monoisotopic (exact) mass is 499 g/mol. The lowest BCUT2D eigenvalue weighted by atomic mass is 9.96. The fourth-order valence-electron chi connectivity index (χ4n) is 4.95. The molecule has 2 atom stereocenters. The zero-order valence-corrected chi connectivity index (χ0v) is 21.0. The van der Waals surface area contributed by atoms with Crippen LogP contribution in [0.1, 0.15) is 41.7 Å². The average Bonchev–Trinajstić information content (AvgIpc) is 3.35. The van der Waals surface area contributed by atoms with Crippen LogP contribution < -0.4 is 15.5 Å². The zero-order chi connectivity index (χ0) is 25.4. The normalized spacial score (nSPS) is 17.2. The van der Waals surface area contributed by atoms with Gasteiger partial charge in [0, 0.05) is 35.9 Å². The second kappa shape index (κ2) is 9.54. The first-order valence-electron chi connectivity index (χ1n) is 11.7. The predicted octanol–water partition coefficient (Wildman–Crippen LogP) is 5.76. The van der Waals surface area contributed by atoms with E-state index in [1.165, 1.54) is 13.0 Å². The summed E-state index contributed by atoms with van der Waals surface area (Å²) >= 11 is 5.83. The lowest BCUT2D eigenvalue weighted by Gasteiger charge is -2.28. The van der Waals surface area contributed by atoms with Gasteiger partial charge in [-0.3, -0.25) is 9.78 Å².